The molecular formula is C25H40N6O5. The molecule has 2 fully saturated rings. The highest BCUT2D eigenvalue weighted by atomic mass is 16.6. The summed E-state index contributed by atoms with van der Waals surface area (Å²) in [6.45, 7) is 11.6. The van der Waals surface area contributed by atoms with Crippen molar-refractivity contribution < 1.29 is 23.9 Å². The molecule has 0 unspecified atom stereocenters. The molecule has 1 aromatic rings. The maximum Gasteiger partial charge on any atom is 0.412 e. The van der Waals surface area contributed by atoms with Crippen LogP contribution in [0.3, 0.4) is 0 Å². The van der Waals surface area contributed by atoms with Crippen molar-refractivity contribution >= 4 is 23.7 Å². The van der Waals surface area contributed by atoms with E-state index in [-0.39, 0.29) is 30.6 Å². The summed E-state index contributed by atoms with van der Waals surface area (Å²) in [7, 11) is 1.77. The average molecular weight is 505 g/mol. The third-order valence-electron chi connectivity index (χ3n) is 6.50. The molecule has 0 radical (unpaired) electrons. The molecule has 1 N–H and O–H groups in total. The topological polar surface area (TPSA) is 117 Å². The number of urea groups is 1. The number of carbonyl (C=O) groups is 3. The summed E-state index contributed by atoms with van der Waals surface area (Å²) in [5, 5.41) is 2.67. The fourth-order valence-corrected chi connectivity index (χ4v) is 4.50. The van der Waals surface area contributed by atoms with E-state index in [0.29, 0.717) is 30.2 Å². The van der Waals surface area contributed by atoms with Crippen LogP contribution in [0, 0.1) is 13.8 Å². The van der Waals surface area contributed by atoms with E-state index < -0.39 is 11.7 Å². The van der Waals surface area contributed by atoms with Crippen molar-refractivity contribution in [2.24, 2.45) is 0 Å². The van der Waals surface area contributed by atoms with Gasteiger partial charge in [-0.25, -0.2) is 9.59 Å². The van der Waals surface area contributed by atoms with E-state index in [1.807, 2.05) is 9.80 Å². The van der Waals surface area contributed by atoms with Crippen molar-refractivity contribution in [2.75, 3.05) is 45.2 Å². The number of nitrogens with one attached hydrogen (secondary N) is 1. The molecule has 2 aliphatic heterocycles. The summed E-state index contributed by atoms with van der Waals surface area (Å²) in [6.07, 6.45) is 4.23. The summed E-state index contributed by atoms with van der Waals surface area (Å²) in [4.78, 5) is 51.7. The van der Waals surface area contributed by atoms with Gasteiger partial charge in [0.05, 0.1) is 17.1 Å². The van der Waals surface area contributed by atoms with E-state index in [1.165, 1.54) is 6.42 Å². The molecule has 0 spiro atoms. The first-order valence-corrected chi connectivity index (χ1v) is 12.7. The largest absolute Gasteiger partial charge is 0.453 e. The van der Waals surface area contributed by atoms with E-state index in [0.717, 1.165) is 38.8 Å². The molecule has 1 aromatic heterocycles. The van der Waals surface area contributed by atoms with E-state index in [4.69, 9.17) is 9.47 Å². The molecule has 2 saturated heterocycles. The first-order valence-electron chi connectivity index (χ1n) is 12.7. The van der Waals surface area contributed by atoms with Crippen LogP contribution in [0.25, 0.3) is 0 Å². The first kappa shape index (κ1) is 27.5. The Labute approximate surface area is 213 Å². The number of rotatable bonds is 5. The van der Waals surface area contributed by atoms with Crippen LogP contribution in [0.4, 0.5) is 15.3 Å². The lowest BCUT2D eigenvalue weighted by molar-refractivity contribution is -0.135. The lowest BCUT2D eigenvalue weighted by atomic mass is 10.0. The second kappa shape index (κ2) is 11.7. The van der Waals surface area contributed by atoms with Gasteiger partial charge in [0.15, 0.2) is 6.61 Å². The Morgan fingerprint density at radius 1 is 0.972 bits per heavy atom. The number of carbonyl (C=O) groups excluding carboxylic acids is 3. The van der Waals surface area contributed by atoms with Crippen molar-refractivity contribution in [3.8, 4) is 6.01 Å². The number of piperidine rings is 2. The number of hydrogen-bond donors (Lipinski definition) is 1. The van der Waals surface area contributed by atoms with Gasteiger partial charge < -0.3 is 24.2 Å². The highest BCUT2D eigenvalue weighted by Gasteiger charge is 2.30. The number of amides is 4. The minimum Gasteiger partial charge on any atom is -0.453 e. The zero-order chi connectivity index (χ0) is 26.5. The fraction of sp³-hybridized carbons (Fsp3) is 0.720. The number of likely N-dealkylation sites (N-methyl/N-ethyl adjacent to an activating group) is 1. The molecule has 0 saturated carbocycles. The van der Waals surface area contributed by atoms with Gasteiger partial charge in [-0.15, -0.1) is 0 Å². The van der Waals surface area contributed by atoms with Gasteiger partial charge in [0.25, 0.3) is 5.91 Å². The van der Waals surface area contributed by atoms with Gasteiger partial charge in [0.1, 0.15) is 5.60 Å². The molecule has 0 atom stereocenters. The average Bonchev–Trinajstić information content (AvgIpc) is 2.83. The molecule has 0 bridgehead atoms. The summed E-state index contributed by atoms with van der Waals surface area (Å²) in [5.41, 5.74) is 0.845. The van der Waals surface area contributed by atoms with Gasteiger partial charge >= 0.3 is 18.1 Å². The Morgan fingerprint density at radius 3 is 2.08 bits per heavy atom. The Morgan fingerprint density at radius 2 is 1.53 bits per heavy atom. The standard InChI is InChI=1S/C25H40N6O5/c1-17-21(28-23(33)36-25(3,4)5)18(2)27-22(26-17)35-16-20(32)29(6)19-10-14-31(15-11-19)24(34)30-12-8-7-9-13-30/h19H,7-16H2,1-6H3,(H,28,33). The highest BCUT2D eigenvalue weighted by molar-refractivity contribution is 5.86. The third kappa shape index (κ3) is 7.44. The van der Waals surface area contributed by atoms with Gasteiger partial charge in [-0.2, -0.15) is 9.97 Å². The van der Waals surface area contributed by atoms with Gasteiger partial charge in [-0.1, -0.05) is 0 Å². The molecule has 4 amide bonds. The van der Waals surface area contributed by atoms with Gasteiger partial charge in [-0.3, -0.25) is 10.1 Å². The van der Waals surface area contributed by atoms with Crippen molar-refractivity contribution in [3.05, 3.63) is 11.4 Å². The minimum atomic E-state index is -0.623. The molecule has 11 heteroatoms. The summed E-state index contributed by atoms with van der Waals surface area (Å²) < 4.78 is 10.9. The van der Waals surface area contributed by atoms with Crippen LogP contribution in [-0.2, 0) is 9.53 Å². The van der Waals surface area contributed by atoms with Gasteiger partial charge in [0.2, 0.25) is 0 Å². The van der Waals surface area contributed by atoms with E-state index >= 15 is 0 Å². The number of anilines is 1. The van der Waals surface area contributed by atoms with Crippen LogP contribution in [0.15, 0.2) is 0 Å². The zero-order valence-corrected chi connectivity index (χ0v) is 22.4. The zero-order valence-electron chi connectivity index (χ0n) is 22.4. The number of likely N-dealkylation sites (tertiary alicyclic amines) is 2. The van der Waals surface area contributed by atoms with Crippen LogP contribution in [0.1, 0.15) is 64.3 Å². The van der Waals surface area contributed by atoms with Crippen LogP contribution in [0.5, 0.6) is 6.01 Å². The highest BCUT2D eigenvalue weighted by Crippen LogP contribution is 2.22. The van der Waals surface area contributed by atoms with Crippen molar-refractivity contribution in [1.29, 1.82) is 0 Å². The molecule has 36 heavy (non-hydrogen) atoms. The van der Waals surface area contributed by atoms with Crippen molar-refractivity contribution in [2.45, 2.75) is 78.4 Å². The predicted octanol–water partition coefficient (Wildman–Crippen LogP) is 3.35. The summed E-state index contributed by atoms with van der Waals surface area (Å²) in [6, 6.07) is 0.248. The second-order valence-electron chi connectivity index (χ2n) is 10.5. The van der Waals surface area contributed by atoms with E-state index in [9.17, 15) is 14.4 Å². The monoisotopic (exact) mass is 504 g/mol. The minimum absolute atomic E-state index is 0.0521. The molecule has 3 rings (SSSR count). The van der Waals surface area contributed by atoms with E-state index in [1.54, 1.807) is 46.6 Å². The quantitative estimate of drug-likeness (QED) is 0.653. The van der Waals surface area contributed by atoms with Crippen molar-refractivity contribution in [3.63, 3.8) is 0 Å². The smallest absolute Gasteiger partial charge is 0.412 e. The number of nitrogens with zero attached hydrogens (tertiary/aromatic N) is 5. The SMILES string of the molecule is Cc1nc(OCC(=O)N(C)C2CCN(C(=O)N3CCCCC3)CC2)nc(C)c1NC(=O)OC(C)(C)C. The lowest BCUT2D eigenvalue weighted by Gasteiger charge is -2.39. The van der Waals surface area contributed by atoms with E-state index in [2.05, 4.69) is 15.3 Å². The number of aromatic nitrogens is 2. The van der Waals surface area contributed by atoms with Crippen LogP contribution >= 0.6 is 0 Å². The maximum atomic E-state index is 12.8. The third-order valence-corrected chi connectivity index (χ3v) is 6.50. The van der Waals surface area contributed by atoms with Crippen molar-refractivity contribution in [1.82, 2.24) is 24.7 Å². The number of aryl methyl sites for hydroxylation is 2. The number of ether oxygens (including phenoxy) is 2. The van der Waals surface area contributed by atoms with Gasteiger partial charge in [0, 0.05) is 39.3 Å². The molecular weight excluding hydrogens is 464 g/mol. The normalized spacial score (nSPS) is 16.9. The molecule has 3 heterocycles. The fourth-order valence-electron chi connectivity index (χ4n) is 4.50. The Bertz CT molecular complexity index is 926. The van der Waals surface area contributed by atoms with Crippen LogP contribution in [-0.4, -0.2) is 94.2 Å². The first-order chi connectivity index (χ1) is 16.9. The van der Waals surface area contributed by atoms with Crippen LogP contribution < -0.4 is 10.1 Å². The molecule has 11 nitrogen and oxygen atoms in total. The molecule has 200 valence electrons. The predicted molar refractivity (Wildman–Crippen MR) is 135 cm³/mol. The molecule has 0 aliphatic carbocycles. The second-order valence-corrected chi connectivity index (χ2v) is 10.5. The Kier molecular flexibility index (Phi) is 8.97. The van der Waals surface area contributed by atoms with Crippen LogP contribution in [0.2, 0.25) is 0 Å². The Balaban J connectivity index is 1.48. The lowest BCUT2D eigenvalue weighted by Crippen LogP contribution is -2.52. The molecule has 2 aliphatic rings. The Hall–Kier alpha value is -3.11. The molecule has 0 aromatic carbocycles. The maximum absolute atomic E-state index is 12.8. The summed E-state index contributed by atoms with van der Waals surface area (Å²) in [5.74, 6) is -0.175. The number of hydrogen-bond acceptors (Lipinski definition) is 7. The summed E-state index contributed by atoms with van der Waals surface area (Å²) >= 11 is 0. The van der Waals surface area contributed by atoms with Gasteiger partial charge in [-0.05, 0) is 66.7 Å².